The molecule has 0 aliphatic heterocycles. The molecule has 0 fully saturated rings. The van der Waals surface area contributed by atoms with E-state index in [2.05, 4.69) is 20.2 Å². The average Bonchev–Trinajstić information content (AvgIpc) is 3.31. The van der Waals surface area contributed by atoms with Crippen molar-refractivity contribution < 1.29 is 20.3 Å². The van der Waals surface area contributed by atoms with Gasteiger partial charge < -0.3 is 4.42 Å². The zero-order valence-electron chi connectivity index (χ0n) is 17.7. The molecule has 4 aromatic heterocycles. The first-order valence-electron chi connectivity index (χ1n) is 9.88. The Bertz CT molecular complexity index is 1580. The number of aromatic nitrogens is 5. The Morgan fingerprint density at radius 3 is 2.52 bits per heavy atom. The summed E-state index contributed by atoms with van der Waals surface area (Å²) < 4.78 is 63.9. The zero-order chi connectivity index (χ0) is 23.5. The first-order chi connectivity index (χ1) is 15.7. The maximum absolute atomic E-state index is 13.9. The van der Waals surface area contributed by atoms with E-state index < -0.39 is 24.3 Å². The summed E-state index contributed by atoms with van der Waals surface area (Å²) >= 11 is 0. The maximum Gasteiger partial charge on any atom is 0.418 e. The van der Waals surface area contributed by atoms with Gasteiger partial charge in [-0.05, 0) is 13.0 Å². The van der Waals surface area contributed by atoms with E-state index in [4.69, 9.17) is 7.16 Å². The highest BCUT2D eigenvalue weighted by Crippen LogP contribution is 2.42. The Hall–Kier alpha value is -4.26. The molecule has 0 unspecified atom stereocenters. The predicted molar refractivity (Wildman–Crippen MR) is 104 cm³/mol. The van der Waals surface area contributed by atoms with Crippen molar-refractivity contribution in [2.24, 2.45) is 0 Å². The number of halogens is 3. The van der Waals surface area contributed by atoms with Gasteiger partial charge in [-0.25, -0.2) is 0 Å². The molecule has 0 aliphatic rings. The minimum absolute atomic E-state index is 0.0421. The highest BCUT2D eigenvalue weighted by Gasteiger charge is 2.36. The molecule has 0 spiro atoms. The highest BCUT2D eigenvalue weighted by atomic mass is 19.4. The predicted octanol–water partition coefficient (Wildman–Crippen LogP) is 4.82. The normalized spacial score (nSPS) is 12.7. The summed E-state index contributed by atoms with van der Waals surface area (Å²) in [6.07, 6.45) is -4.93. The maximum atomic E-state index is 13.9. The van der Waals surface area contributed by atoms with Gasteiger partial charge in [0.2, 0.25) is 5.71 Å². The van der Waals surface area contributed by atoms with Gasteiger partial charge in [0.25, 0.3) is 0 Å². The molecule has 0 saturated carbocycles. The molecule has 0 saturated heterocycles. The van der Waals surface area contributed by atoms with Gasteiger partial charge >= 0.3 is 6.18 Å². The third-order valence-corrected chi connectivity index (χ3v) is 4.77. The molecule has 0 atom stereocenters. The molecular weight excluding hydrogens is 409 g/mol. The van der Waals surface area contributed by atoms with Crippen LogP contribution in [0.4, 0.5) is 13.2 Å². The molecule has 0 amide bonds. The fourth-order valence-electron chi connectivity index (χ4n) is 3.34. The number of nitrogens with zero attached hydrogens (tertiary/aromatic N) is 6. The van der Waals surface area contributed by atoms with Gasteiger partial charge in [0.05, 0.1) is 16.5 Å². The largest absolute Gasteiger partial charge is 0.435 e. The summed E-state index contributed by atoms with van der Waals surface area (Å²) in [5.41, 5.74) is 0.132. The van der Waals surface area contributed by atoms with Gasteiger partial charge in [-0.1, -0.05) is 29.8 Å². The highest BCUT2D eigenvalue weighted by molar-refractivity contribution is 6.10. The van der Waals surface area contributed by atoms with E-state index in [1.165, 1.54) is 6.07 Å². The number of alkyl halides is 3. The van der Waals surface area contributed by atoms with Crippen LogP contribution in [0, 0.1) is 18.3 Å². The number of furan rings is 1. The molecule has 10 heteroatoms. The number of benzene rings is 1. The Kier molecular flexibility index (Phi) is 3.54. The number of hydrogen-bond acceptors (Lipinski definition) is 6. The van der Waals surface area contributed by atoms with E-state index in [1.807, 2.05) is 13.0 Å². The van der Waals surface area contributed by atoms with Gasteiger partial charge in [0.15, 0.2) is 11.4 Å². The molecule has 0 N–H and O–H groups in total. The summed E-state index contributed by atoms with van der Waals surface area (Å²) in [4.78, 5) is 8.20. The van der Waals surface area contributed by atoms with E-state index in [1.54, 1.807) is 24.3 Å². The van der Waals surface area contributed by atoms with Crippen LogP contribution >= 0.6 is 0 Å². The zero-order valence-corrected chi connectivity index (χ0v) is 15.7. The van der Waals surface area contributed by atoms with Crippen molar-refractivity contribution in [1.29, 1.82) is 5.26 Å². The van der Waals surface area contributed by atoms with Gasteiger partial charge in [0.1, 0.15) is 27.1 Å². The molecule has 5 rings (SSSR count). The van der Waals surface area contributed by atoms with Crippen LogP contribution in [-0.2, 0) is 6.18 Å². The number of hydrogen-bond donors (Lipinski definition) is 0. The number of aryl methyl sites for hydroxylation is 1. The van der Waals surface area contributed by atoms with Crippen LogP contribution in [0.3, 0.4) is 0 Å². The van der Waals surface area contributed by atoms with Crippen LogP contribution in [0.1, 0.15) is 19.4 Å². The van der Waals surface area contributed by atoms with E-state index in [0.717, 1.165) is 16.3 Å². The van der Waals surface area contributed by atoms with Gasteiger partial charge in [-0.15, -0.1) is 10.2 Å². The Labute approximate surface area is 175 Å². The number of fused-ring (bicyclic) bond motifs is 3. The quantitative estimate of drug-likeness (QED) is 0.405. The Morgan fingerprint density at radius 2 is 1.87 bits per heavy atom. The lowest BCUT2D eigenvalue weighted by Crippen LogP contribution is -2.07. The molecule has 0 aliphatic carbocycles. The number of pyridine rings is 2. The van der Waals surface area contributed by atoms with Crippen molar-refractivity contribution in [1.82, 2.24) is 24.7 Å². The van der Waals surface area contributed by atoms with E-state index in [0.29, 0.717) is 5.56 Å². The Balaban J connectivity index is 1.90. The second-order valence-corrected chi connectivity index (χ2v) is 6.75. The van der Waals surface area contributed by atoms with Crippen LogP contribution in [-0.4, -0.2) is 24.7 Å². The molecule has 7 nitrogen and oxygen atoms in total. The molecule has 0 bridgehead atoms. The summed E-state index contributed by atoms with van der Waals surface area (Å²) in [6, 6.07) is 10.1. The second-order valence-electron chi connectivity index (χ2n) is 6.75. The molecule has 31 heavy (non-hydrogen) atoms. The summed E-state index contributed by atoms with van der Waals surface area (Å²) in [6.45, 7) is 1.88. The van der Waals surface area contributed by atoms with Crippen LogP contribution in [0.25, 0.3) is 39.1 Å². The topological polar surface area (TPSA) is 93.4 Å². The van der Waals surface area contributed by atoms with E-state index >= 15 is 0 Å². The molecule has 152 valence electrons. The van der Waals surface area contributed by atoms with E-state index in [9.17, 15) is 18.4 Å². The van der Waals surface area contributed by atoms with Crippen LogP contribution in [0.15, 0.2) is 53.6 Å². The monoisotopic (exact) mass is 422 g/mol. The van der Waals surface area contributed by atoms with Crippen LogP contribution in [0.5, 0.6) is 0 Å². The molecular formula is C21H11F3N6O. The van der Waals surface area contributed by atoms with Gasteiger partial charge in [-0.2, -0.15) is 23.4 Å². The van der Waals surface area contributed by atoms with Crippen molar-refractivity contribution in [2.75, 3.05) is 0 Å². The number of rotatable bonds is 2. The van der Waals surface area contributed by atoms with Crippen molar-refractivity contribution >= 4 is 22.1 Å². The summed E-state index contributed by atoms with van der Waals surface area (Å²) in [7, 11) is 0. The summed E-state index contributed by atoms with van der Waals surface area (Å²) in [5.74, 6) is -0.192. The standard InChI is InChI=1S/C21H11F3N6O/c1-11-2-4-12(5-3-11)17-18-16(15(8-26-17)21(22,23)24)14-6-13(7-25)19(29-20(14)31-18)30-9-27-28-10-30/h2-6,8-10H,1H3/i9D,10D. The van der Waals surface area contributed by atoms with Crippen molar-refractivity contribution in [3.8, 4) is 23.1 Å². The lowest BCUT2D eigenvalue weighted by molar-refractivity contribution is -0.136. The van der Waals surface area contributed by atoms with Crippen molar-refractivity contribution in [3.63, 3.8) is 0 Å². The lowest BCUT2D eigenvalue weighted by atomic mass is 10.0. The lowest BCUT2D eigenvalue weighted by Gasteiger charge is -2.10. The second kappa shape index (κ2) is 6.63. The fraction of sp³-hybridized carbons (Fsp3) is 0.0952. The Morgan fingerprint density at radius 1 is 1.16 bits per heavy atom. The first-order valence-corrected chi connectivity index (χ1v) is 8.88. The fourth-order valence-corrected chi connectivity index (χ4v) is 3.34. The first kappa shape index (κ1) is 16.5. The third-order valence-electron chi connectivity index (χ3n) is 4.77. The third kappa shape index (κ3) is 2.98. The minimum atomic E-state index is -4.74. The molecule has 4 heterocycles. The minimum Gasteiger partial charge on any atom is -0.435 e. The van der Waals surface area contributed by atoms with Crippen molar-refractivity contribution in [3.05, 3.63) is 65.8 Å². The SMILES string of the molecule is [2H]c1nnc([2H])n1-c1nc2oc3c(-c4ccc(C)cc4)ncc(C(F)(F)F)c3c2cc1C#N. The van der Waals surface area contributed by atoms with Crippen molar-refractivity contribution in [2.45, 2.75) is 13.1 Å². The average molecular weight is 422 g/mol. The molecule has 5 aromatic rings. The summed E-state index contributed by atoms with van der Waals surface area (Å²) in [5, 5.41) is 16.2. The molecule has 1 aromatic carbocycles. The van der Waals surface area contributed by atoms with Crippen LogP contribution < -0.4 is 0 Å². The molecule has 0 radical (unpaired) electrons. The van der Waals surface area contributed by atoms with Gasteiger partial charge in [0, 0.05) is 17.1 Å². The van der Waals surface area contributed by atoms with Gasteiger partial charge in [-0.3, -0.25) is 9.55 Å². The smallest absolute Gasteiger partial charge is 0.418 e. The van der Waals surface area contributed by atoms with Crippen LogP contribution in [0.2, 0.25) is 0 Å². The van der Waals surface area contributed by atoms with E-state index in [-0.39, 0.29) is 39.1 Å². The number of nitriles is 1.